The molecule has 1 aliphatic rings. The van der Waals surface area contributed by atoms with Gasteiger partial charge in [-0.2, -0.15) is 0 Å². The first-order chi connectivity index (χ1) is 4.93. The van der Waals surface area contributed by atoms with E-state index in [1.165, 1.54) is 44.7 Å². The Labute approximate surface area is 80.5 Å². The molecule has 0 nitrogen and oxygen atoms in total. The van der Waals surface area contributed by atoms with E-state index >= 15 is 0 Å². The first-order valence-corrected chi connectivity index (χ1v) is 7.63. The van der Waals surface area contributed by atoms with Crippen molar-refractivity contribution in [1.29, 1.82) is 0 Å². The Balaban J connectivity index is 2.16. The quantitative estimate of drug-likeness (QED) is 0.511. The Morgan fingerprint density at radius 2 is 1.40 bits per heavy atom. The van der Waals surface area contributed by atoms with Crippen LogP contribution in [0.5, 0.6) is 0 Å². The van der Waals surface area contributed by atoms with Crippen LogP contribution in [0.25, 0.3) is 0 Å². The molecule has 0 aromatic carbocycles. The molecule has 0 radical (unpaired) electrons. The highest BCUT2D eigenvalue weighted by Crippen LogP contribution is 2.28. The van der Waals surface area contributed by atoms with Crippen molar-refractivity contribution in [3.8, 4) is 0 Å². The van der Waals surface area contributed by atoms with Gasteiger partial charge in [-0.15, -0.1) is 8.78 Å². The molecule has 0 aromatic heterocycles. The van der Waals surface area contributed by atoms with E-state index in [9.17, 15) is 0 Å². The third-order valence-electron chi connectivity index (χ3n) is 2.18. The Morgan fingerprint density at radius 3 is 1.90 bits per heavy atom. The Bertz CT molecular complexity index is 81.7. The van der Waals surface area contributed by atoms with Crippen molar-refractivity contribution in [3.05, 3.63) is 0 Å². The van der Waals surface area contributed by atoms with E-state index in [0.29, 0.717) is 0 Å². The number of rotatable bonds is 1. The summed E-state index contributed by atoms with van der Waals surface area (Å²) in [7, 11) is 2.04. The maximum atomic E-state index is 2.45. The van der Waals surface area contributed by atoms with Gasteiger partial charge in [0.25, 0.3) is 0 Å². The number of hydrogen-bond acceptors (Lipinski definition) is 1. The SMILES string of the molecule is ISB1CCCCCCC1. The van der Waals surface area contributed by atoms with E-state index in [1.807, 2.05) is 8.78 Å². The average Bonchev–Trinajstić information content (AvgIpc) is 1.87. The zero-order chi connectivity index (χ0) is 7.23. The molecule has 0 atom stereocenters. The maximum Gasteiger partial charge on any atom is 0.223 e. The molecule has 0 bridgehead atoms. The molecular formula is C7H14BIS. The second-order valence-corrected chi connectivity index (χ2v) is 5.43. The molecule has 1 heterocycles. The van der Waals surface area contributed by atoms with Crippen molar-refractivity contribution >= 4 is 36.0 Å². The molecule has 0 amide bonds. The summed E-state index contributed by atoms with van der Waals surface area (Å²) in [5.74, 6) is 0.973. The van der Waals surface area contributed by atoms with E-state index in [0.717, 1.165) is 5.99 Å². The van der Waals surface area contributed by atoms with Gasteiger partial charge in [0.2, 0.25) is 5.99 Å². The zero-order valence-corrected chi connectivity index (χ0v) is 9.29. The van der Waals surface area contributed by atoms with Gasteiger partial charge in [0.05, 0.1) is 0 Å². The second kappa shape index (κ2) is 5.75. The van der Waals surface area contributed by atoms with E-state index in [-0.39, 0.29) is 0 Å². The summed E-state index contributed by atoms with van der Waals surface area (Å²) in [4.78, 5) is 0. The van der Waals surface area contributed by atoms with Gasteiger partial charge in [-0.1, -0.05) is 44.7 Å². The topological polar surface area (TPSA) is 0 Å². The molecule has 1 rings (SSSR count). The summed E-state index contributed by atoms with van der Waals surface area (Å²) in [5.41, 5.74) is 0. The Hall–Kier alpha value is 1.14. The van der Waals surface area contributed by atoms with Crippen molar-refractivity contribution in [2.45, 2.75) is 44.7 Å². The van der Waals surface area contributed by atoms with Crippen molar-refractivity contribution in [3.63, 3.8) is 0 Å². The molecule has 0 saturated carbocycles. The minimum atomic E-state index is 0.973. The lowest BCUT2D eigenvalue weighted by Crippen LogP contribution is -2.06. The van der Waals surface area contributed by atoms with Gasteiger partial charge < -0.3 is 0 Å². The predicted molar refractivity (Wildman–Crippen MR) is 60.1 cm³/mol. The van der Waals surface area contributed by atoms with Crippen molar-refractivity contribution in [1.82, 2.24) is 0 Å². The second-order valence-electron chi connectivity index (χ2n) is 3.06. The normalized spacial score (nSPS) is 21.9. The van der Waals surface area contributed by atoms with Crippen LogP contribution in [-0.4, -0.2) is 5.99 Å². The van der Waals surface area contributed by atoms with Gasteiger partial charge in [0, 0.05) is 0 Å². The molecule has 58 valence electrons. The summed E-state index contributed by atoms with van der Waals surface area (Å²) in [6.07, 6.45) is 10.3. The van der Waals surface area contributed by atoms with Crippen LogP contribution in [0.15, 0.2) is 0 Å². The molecule has 1 saturated heterocycles. The average molecular weight is 268 g/mol. The molecule has 0 unspecified atom stereocenters. The lowest BCUT2D eigenvalue weighted by Gasteiger charge is -2.12. The standard InChI is InChI=1S/C7H14BIS/c9-10-8-6-4-2-1-3-5-7-8/h1-7H2. The first kappa shape index (κ1) is 9.23. The lowest BCUT2D eigenvalue weighted by atomic mass is 9.65. The molecule has 0 aromatic rings. The highest BCUT2D eigenvalue weighted by molar-refractivity contribution is 14.2. The van der Waals surface area contributed by atoms with Crippen LogP contribution in [0.2, 0.25) is 12.6 Å². The third kappa shape index (κ3) is 3.51. The molecular weight excluding hydrogens is 254 g/mol. The van der Waals surface area contributed by atoms with E-state index in [2.05, 4.69) is 21.2 Å². The van der Waals surface area contributed by atoms with E-state index < -0.39 is 0 Å². The third-order valence-corrected chi connectivity index (χ3v) is 5.06. The molecule has 1 fully saturated rings. The van der Waals surface area contributed by atoms with Crippen molar-refractivity contribution in [2.75, 3.05) is 0 Å². The molecule has 10 heavy (non-hydrogen) atoms. The summed E-state index contributed by atoms with van der Waals surface area (Å²) < 4.78 is 0. The minimum absolute atomic E-state index is 0.973. The lowest BCUT2D eigenvalue weighted by molar-refractivity contribution is 0.638. The van der Waals surface area contributed by atoms with Gasteiger partial charge in [-0.25, -0.2) is 0 Å². The monoisotopic (exact) mass is 268 g/mol. The number of hydrogen-bond donors (Lipinski definition) is 0. The van der Waals surface area contributed by atoms with Gasteiger partial charge >= 0.3 is 0 Å². The zero-order valence-electron chi connectivity index (χ0n) is 6.31. The van der Waals surface area contributed by atoms with Gasteiger partial charge in [-0.05, 0) is 21.2 Å². The fourth-order valence-electron chi connectivity index (χ4n) is 1.51. The van der Waals surface area contributed by atoms with Crippen LogP contribution in [0.1, 0.15) is 32.1 Å². The van der Waals surface area contributed by atoms with Gasteiger partial charge in [0.15, 0.2) is 0 Å². The van der Waals surface area contributed by atoms with E-state index in [1.54, 1.807) is 0 Å². The van der Waals surface area contributed by atoms with Crippen LogP contribution < -0.4 is 0 Å². The van der Waals surface area contributed by atoms with Crippen LogP contribution in [-0.2, 0) is 0 Å². The van der Waals surface area contributed by atoms with Crippen LogP contribution in [0.4, 0.5) is 0 Å². The van der Waals surface area contributed by atoms with E-state index in [4.69, 9.17) is 0 Å². The maximum absolute atomic E-state index is 2.45. The first-order valence-electron chi connectivity index (χ1n) is 4.21. The van der Waals surface area contributed by atoms with Crippen molar-refractivity contribution in [2.24, 2.45) is 0 Å². The smallest absolute Gasteiger partial charge is 0.141 e. The Morgan fingerprint density at radius 1 is 0.900 bits per heavy atom. The molecule has 0 aliphatic carbocycles. The Kier molecular flexibility index (Phi) is 5.31. The fraction of sp³-hybridized carbons (Fsp3) is 1.00. The van der Waals surface area contributed by atoms with Crippen molar-refractivity contribution < 1.29 is 0 Å². The highest BCUT2D eigenvalue weighted by atomic mass is 127. The summed E-state index contributed by atoms with van der Waals surface area (Å²) in [6, 6.07) is 0. The van der Waals surface area contributed by atoms with Crippen LogP contribution in [0.3, 0.4) is 0 Å². The molecule has 1 aliphatic heterocycles. The van der Waals surface area contributed by atoms with Crippen LogP contribution >= 0.6 is 30.0 Å². The molecule has 0 spiro atoms. The summed E-state index contributed by atoms with van der Waals surface area (Å²) >= 11 is 2.45. The fourth-order valence-corrected chi connectivity index (χ4v) is 3.54. The van der Waals surface area contributed by atoms with Crippen LogP contribution in [0, 0.1) is 0 Å². The highest BCUT2D eigenvalue weighted by Gasteiger charge is 2.14. The molecule has 0 N–H and O–H groups in total. The summed E-state index contributed by atoms with van der Waals surface area (Å²) in [6.45, 7) is 0. The predicted octanol–water partition coefficient (Wildman–Crippen LogP) is 4.03. The van der Waals surface area contributed by atoms with Gasteiger partial charge in [-0.3, -0.25) is 0 Å². The largest absolute Gasteiger partial charge is 0.223 e. The summed E-state index contributed by atoms with van der Waals surface area (Å²) in [5, 5.41) is 0. The minimum Gasteiger partial charge on any atom is -0.141 e. The van der Waals surface area contributed by atoms with Gasteiger partial charge in [0.1, 0.15) is 0 Å². The molecule has 3 heteroatoms. The number of halogens is 1.